The molecule has 0 heterocycles. The van der Waals surface area contributed by atoms with Crippen molar-refractivity contribution in [1.82, 2.24) is 10.2 Å². The van der Waals surface area contributed by atoms with E-state index in [1.54, 1.807) is 23.1 Å². The molecule has 1 atom stereocenters. The number of nitrogens with zero attached hydrogens (tertiary/aromatic N) is 1. The second-order valence-electron chi connectivity index (χ2n) is 8.69. The standard InChI is InChI=1S/C26H32Cl2N2O3/c1-4-23(26(32)29-19-8-5-6-9-19)30(15-20-21(27)10-7-11-22(20)28)25(31)16-33-24-13-12-17(2)14-18(24)3/h7,10-14,19,23H,4-6,8-9,15-16H2,1-3H3,(H,29,32)/t23-/m0/s1. The van der Waals surface area contributed by atoms with Crippen molar-refractivity contribution in [1.29, 1.82) is 0 Å². The zero-order chi connectivity index (χ0) is 24.0. The van der Waals surface area contributed by atoms with Gasteiger partial charge in [0.15, 0.2) is 6.61 Å². The van der Waals surface area contributed by atoms with E-state index in [0.717, 1.165) is 36.8 Å². The lowest BCUT2D eigenvalue weighted by Gasteiger charge is -2.32. The number of carbonyl (C=O) groups excluding carboxylic acids is 2. The van der Waals surface area contributed by atoms with E-state index in [4.69, 9.17) is 27.9 Å². The molecule has 0 aliphatic heterocycles. The Morgan fingerprint density at radius 3 is 2.39 bits per heavy atom. The number of hydrogen-bond donors (Lipinski definition) is 1. The van der Waals surface area contributed by atoms with Gasteiger partial charge in [0, 0.05) is 28.2 Å². The van der Waals surface area contributed by atoms with E-state index in [2.05, 4.69) is 5.32 Å². The van der Waals surface area contributed by atoms with Gasteiger partial charge in [-0.25, -0.2) is 0 Å². The van der Waals surface area contributed by atoms with Crippen molar-refractivity contribution in [2.24, 2.45) is 0 Å². The number of nitrogens with one attached hydrogen (secondary N) is 1. The summed E-state index contributed by atoms with van der Waals surface area (Å²) in [6.07, 6.45) is 4.65. The van der Waals surface area contributed by atoms with Gasteiger partial charge >= 0.3 is 0 Å². The van der Waals surface area contributed by atoms with Crippen molar-refractivity contribution >= 4 is 35.0 Å². The minimum atomic E-state index is -0.645. The summed E-state index contributed by atoms with van der Waals surface area (Å²) in [5.74, 6) is 0.208. The van der Waals surface area contributed by atoms with Crippen LogP contribution in [0.3, 0.4) is 0 Å². The molecule has 0 spiro atoms. The highest BCUT2D eigenvalue weighted by molar-refractivity contribution is 6.36. The van der Waals surface area contributed by atoms with Gasteiger partial charge in [0.1, 0.15) is 11.8 Å². The molecule has 3 rings (SSSR count). The molecule has 0 radical (unpaired) electrons. The summed E-state index contributed by atoms with van der Waals surface area (Å²) in [4.78, 5) is 28.1. The third-order valence-electron chi connectivity index (χ3n) is 6.16. The van der Waals surface area contributed by atoms with Crippen LogP contribution in [-0.2, 0) is 16.1 Å². The van der Waals surface area contributed by atoms with Crippen molar-refractivity contribution in [3.63, 3.8) is 0 Å². The minimum Gasteiger partial charge on any atom is -0.483 e. The Bertz CT molecular complexity index is 969. The maximum atomic E-state index is 13.4. The van der Waals surface area contributed by atoms with Crippen molar-refractivity contribution in [2.75, 3.05) is 6.61 Å². The van der Waals surface area contributed by atoms with Crippen LogP contribution in [0.4, 0.5) is 0 Å². The predicted molar refractivity (Wildman–Crippen MR) is 133 cm³/mol. The van der Waals surface area contributed by atoms with Crippen LogP contribution in [0.25, 0.3) is 0 Å². The molecular formula is C26H32Cl2N2O3. The molecular weight excluding hydrogens is 459 g/mol. The molecule has 2 amide bonds. The summed E-state index contributed by atoms with van der Waals surface area (Å²) < 4.78 is 5.85. The molecule has 1 fully saturated rings. The van der Waals surface area contributed by atoms with Crippen molar-refractivity contribution in [3.05, 3.63) is 63.1 Å². The highest BCUT2D eigenvalue weighted by atomic mass is 35.5. The lowest BCUT2D eigenvalue weighted by molar-refractivity contribution is -0.143. The summed E-state index contributed by atoms with van der Waals surface area (Å²) in [7, 11) is 0. The second-order valence-corrected chi connectivity index (χ2v) is 9.51. The van der Waals surface area contributed by atoms with Gasteiger partial charge < -0.3 is 15.0 Å². The number of ether oxygens (including phenoxy) is 1. The molecule has 2 aromatic rings. The van der Waals surface area contributed by atoms with Crippen LogP contribution >= 0.6 is 23.2 Å². The molecule has 7 heteroatoms. The quantitative estimate of drug-likeness (QED) is 0.479. The third kappa shape index (κ3) is 6.64. The number of halogens is 2. The van der Waals surface area contributed by atoms with Crippen molar-refractivity contribution in [2.45, 2.75) is 71.5 Å². The zero-order valence-electron chi connectivity index (χ0n) is 19.5. The Labute approximate surface area is 206 Å². The number of rotatable bonds is 9. The summed E-state index contributed by atoms with van der Waals surface area (Å²) in [6.45, 7) is 5.80. The summed E-state index contributed by atoms with van der Waals surface area (Å²) in [5.41, 5.74) is 2.69. The van der Waals surface area contributed by atoms with E-state index in [1.807, 2.05) is 39.0 Å². The molecule has 0 saturated heterocycles. The highest BCUT2D eigenvalue weighted by Crippen LogP contribution is 2.28. The number of benzene rings is 2. The maximum absolute atomic E-state index is 13.4. The first-order valence-corrected chi connectivity index (χ1v) is 12.3. The number of hydrogen-bond acceptors (Lipinski definition) is 3. The highest BCUT2D eigenvalue weighted by Gasteiger charge is 2.31. The predicted octanol–water partition coefficient (Wildman–Crippen LogP) is 5.86. The van der Waals surface area contributed by atoms with E-state index in [-0.39, 0.29) is 31.0 Å². The van der Waals surface area contributed by atoms with Gasteiger partial charge in [0.2, 0.25) is 5.91 Å². The Morgan fingerprint density at radius 1 is 1.12 bits per heavy atom. The fraction of sp³-hybridized carbons (Fsp3) is 0.462. The maximum Gasteiger partial charge on any atom is 0.261 e. The molecule has 0 aromatic heterocycles. The van der Waals surface area contributed by atoms with E-state index < -0.39 is 6.04 Å². The van der Waals surface area contributed by atoms with E-state index in [0.29, 0.717) is 27.8 Å². The van der Waals surface area contributed by atoms with Crippen molar-refractivity contribution in [3.8, 4) is 5.75 Å². The van der Waals surface area contributed by atoms with Gasteiger partial charge in [0.25, 0.3) is 5.91 Å². The Hall–Kier alpha value is -2.24. The molecule has 0 bridgehead atoms. The monoisotopic (exact) mass is 490 g/mol. The van der Waals surface area contributed by atoms with Crippen LogP contribution in [0.5, 0.6) is 5.75 Å². The molecule has 33 heavy (non-hydrogen) atoms. The summed E-state index contributed by atoms with van der Waals surface area (Å²) >= 11 is 12.8. The topological polar surface area (TPSA) is 58.6 Å². The first-order valence-electron chi connectivity index (χ1n) is 11.5. The molecule has 1 N–H and O–H groups in total. The average Bonchev–Trinajstić information content (AvgIpc) is 3.27. The van der Waals surface area contributed by atoms with Crippen LogP contribution in [0.1, 0.15) is 55.7 Å². The SMILES string of the molecule is CC[C@@H](C(=O)NC1CCCC1)N(Cc1c(Cl)cccc1Cl)C(=O)COc1ccc(C)cc1C. The fourth-order valence-electron chi connectivity index (χ4n) is 4.32. The van der Waals surface area contributed by atoms with Crippen LogP contribution in [0, 0.1) is 13.8 Å². The van der Waals surface area contributed by atoms with Crippen LogP contribution < -0.4 is 10.1 Å². The average molecular weight is 491 g/mol. The largest absolute Gasteiger partial charge is 0.483 e. The van der Waals surface area contributed by atoms with Crippen molar-refractivity contribution < 1.29 is 14.3 Å². The van der Waals surface area contributed by atoms with Gasteiger partial charge in [-0.15, -0.1) is 0 Å². The molecule has 2 aromatic carbocycles. The molecule has 5 nitrogen and oxygen atoms in total. The van der Waals surface area contributed by atoms with E-state index in [1.165, 1.54) is 0 Å². The summed E-state index contributed by atoms with van der Waals surface area (Å²) in [6, 6.07) is 10.6. The molecule has 178 valence electrons. The Balaban J connectivity index is 1.82. The minimum absolute atomic E-state index is 0.129. The number of amides is 2. The number of aryl methyl sites for hydroxylation is 2. The van der Waals surface area contributed by atoms with Gasteiger partial charge in [-0.3, -0.25) is 9.59 Å². The summed E-state index contributed by atoms with van der Waals surface area (Å²) in [5, 5.41) is 4.05. The first-order chi connectivity index (χ1) is 15.8. The van der Waals surface area contributed by atoms with Crippen LogP contribution in [-0.4, -0.2) is 35.4 Å². The molecule has 1 aliphatic carbocycles. The first kappa shape index (κ1) is 25.4. The second kappa shape index (κ2) is 11.8. The lowest BCUT2D eigenvalue weighted by Crippen LogP contribution is -2.52. The van der Waals surface area contributed by atoms with E-state index in [9.17, 15) is 9.59 Å². The van der Waals surface area contributed by atoms with Gasteiger partial charge in [0.05, 0.1) is 0 Å². The normalized spacial score (nSPS) is 14.7. The van der Waals surface area contributed by atoms with Gasteiger partial charge in [-0.1, -0.05) is 66.7 Å². The van der Waals surface area contributed by atoms with Gasteiger partial charge in [-0.2, -0.15) is 0 Å². The third-order valence-corrected chi connectivity index (χ3v) is 6.87. The van der Waals surface area contributed by atoms with E-state index >= 15 is 0 Å². The lowest BCUT2D eigenvalue weighted by atomic mass is 10.1. The zero-order valence-corrected chi connectivity index (χ0v) is 21.0. The number of carbonyl (C=O) groups is 2. The molecule has 1 saturated carbocycles. The smallest absolute Gasteiger partial charge is 0.261 e. The fourth-order valence-corrected chi connectivity index (χ4v) is 4.84. The Morgan fingerprint density at radius 2 is 1.79 bits per heavy atom. The van der Waals surface area contributed by atoms with Gasteiger partial charge in [-0.05, 0) is 56.9 Å². The van der Waals surface area contributed by atoms with Crippen LogP contribution in [0.2, 0.25) is 10.0 Å². The molecule has 0 unspecified atom stereocenters. The van der Waals surface area contributed by atoms with Crippen LogP contribution in [0.15, 0.2) is 36.4 Å². The Kier molecular flexibility index (Phi) is 9.04. The molecule has 1 aliphatic rings.